The molecule has 0 bridgehead atoms. The van der Waals surface area contributed by atoms with E-state index in [1.807, 2.05) is 13.8 Å². The monoisotopic (exact) mass is 302 g/mol. The summed E-state index contributed by atoms with van der Waals surface area (Å²) < 4.78 is 31.3. The number of hydrogen-bond acceptors (Lipinski definition) is 4. The Kier molecular flexibility index (Phi) is 6.23. The van der Waals surface area contributed by atoms with Gasteiger partial charge in [-0.2, -0.15) is 4.31 Å². The quantitative estimate of drug-likeness (QED) is 0.800. The molecule has 6 heteroatoms. The van der Waals surface area contributed by atoms with Gasteiger partial charge >= 0.3 is 0 Å². The molecular weight excluding hydrogens is 276 g/mol. The third kappa shape index (κ3) is 4.92. The summed E-state index contributed by atoms with van der Waals surface area (Å²) in [5.41, 5.74) is 0. The molecule has 0 fully saturated rings. The van der Waals surface area contributed by atoms with Crippen LogP contribution in [0.1, 0.15) is 33.5 Å². The van der Waals surface area contributed by atoms with Crippen molar-refractivity contribution in [1.82, 2.24) is 9.62 Å². The van der Waals surface area contributed by atoms with Gasteiger partial charge < -0.3 is 9.73 Å². The molecule has 0 radical (unpaired) electrons. The van der Waals surface area contributed by atoms with E-state index in [1.165, 1.54) is 10.4 Å². The Labute approximate surface area is 122 Å². The fraction of sp³-hybridized carbons (Fsp3) is 0.714. The molecule has 0 saturated heterocycles. The largest absolute Gasteiger partial charge is 0.447 e. The Morgan fingerprint density at radius 2 is 1.85 bits per heavy atom. The number of furan rings is 1. The van der Waals surface area contributed by atoms with Crippen LogP contribution in [0, 0.1) is 11.8 Å². The summed E-state index contributed by atoms with van der Waals surface area (Å²) in [6, 6.07) is 3.24. The lowest BCUT2D eigenvalue weighted by Gasteiger charge is -2.17. The van der Waals surface area contributed by atoms with E-state index in [4.69, 9.17) is 4.42 Å². The minimum absolute atomic E-state index is 0.0157. The minimum atomic E-state index is -3.52. The fourth-order valence-corrected chi connectivity index (χ4v) is 3.10. The van der Waals surface area contributed by atoms with Crippen molar-refractivity contribution in [1.29, 1.82) is 0 Å². The first kappa shape index (κ1) is 17.2. The van der Waals surface area contributed by atoms with Crippen molar-refractivity contribution in [2.24, 2.45) is 11.8 Å². The summed E-state index contributed by atoms with van der Waals surface area (Å²) in [6.07, 6.45) is 0. The first-order chi connectivity index (χ1) is 9.23. The Bertz CT molecular complexity index is 506. The van der Waals surface area contributed by atoms with Crippen molar-refractivity contribution in [2.75, 3.05) is 20.1 Å². The van der Waals surface area contributed by atoms with E-state index in [0.717, 1.165) is 6.54 Å². The van der Waals surface area contributed by atoms with E-state index in [1.54, 1.807) is 13.1 Å². The summed E-state index contributed by atoms with van der Waals surface area (Å²) in [5, 5.41) is 3.24. The Hall–Kier alpha value is -0.850. The average Bonchev–Trinajstić information content (AvgIpc) is 2.76. The predicted molar refractivity (Wildman–Crippen MR) is 79.9 cm³/mol. The molecule has 0 aliphatic rings. The highest BCUT2D eigenvalue weighted by molar-refractivity contribution is 7.89. The molecule has 1 aromatic rings. The number of rotatable bonds is 8. The molecule has 0 amide bonds. The van der Waals surface area contributed by atoms with E-state index < -0.39 is 10.0 Å². The van der Waals surface area contributed by atoms with Gasteiger partial charge in [-0.3, -0.25) is 0 Å². The normalized spacial score (nSPS) is 12.8. The average molecular weight is 302 g/mol. The second-order valence-electron chi connectivity index (χ2n) is 5.92. The highest BCUT2D eigenvalue weighted by Crippen LogP contribution is 2.18. The maximum Gasteiger partial charge on any atom is 0.276 e. The van der Waals surface area contributed by atoms with Gasteiger partial charge in [-0.25, -0.2) is 8.42 Å². The van der Waals surface area contributed by atoms with E-state index >= 15 is 0 Å². The van der Waals surface area contributed by atoms with Gasteiger partial charge in [0.25, 0.3) is 10.0 Å². The Morgan fingerprint density at radius 1 is 1.20 bits per heavy atom. The van der Waals surface area contributed by atoms with Gasteiger partial charge in [0.05, 0.1) is 6.54 Å². The van der Waals surface area contributed by atoms with E-state index in [0.29, 0.717) is 24.8 Å². The zero-order valence-corrected chi connectivity index (χ0v) is 13.8. The first-order valence-corrected chi connectivity index (χ1v) is 8.43. The van der Waals surface area contributed by atoms with Crippen LogP contribution in [-0.2, 0) is 16.6 Å². The first-order valence-electron chi connectivity index (χ1n) is 6.99. The molecule has 0 spiro atoms. The number of nitrogens with zero attached hydrogens (tertiary/aromatic N) is 1. The highest BCUT2D eigenvalue weighted by Gasteiger charge is 2.24. The van der Waals surface area contributed by atoms with E-state index in [2.05, 4.69) is 19.2 Å². The van der Waals surface area contributed by atoms with Gasteiger partial charge in [-0.05, 0) is 30.5 Å². The van der Waals surface area contributed by atoms with Crippen molar-refractivity contribution in [3.05, 3.63) is 17.9 Å². The molecule has 0 saturated carbocycles. The zero-order valence-electron chi connectivity index (χ0n) is 13.0. The van der Waals surface area contributed by atoms with Gasteiger partial charge in [-0.1, -0.05) is 27.7 Å². The summed E-state index contributed by atoms with van der Waals surface area (Å²) in [7, 11) is -1.94. The second-order valence-corrected chi connectivity index (χ2v) is 7.90. The van der Waals surface area contributed by atoms with E-state index in [9.17, 15) is 8.42 Å². The minimum Gasteiger partial charge on any atom is -0.447 e. The third-order valence-corrected chi connectivity index (χ3v) is 4.47. The number of hydrogen-bond donors (Lipinski definition) is 1. The van der Waals surface area contributed by atoms with Crippen LogP contribution in [0.25, 0.3) is 0 Å². The van der Waals surface area contributed by atoms with Crippen LogP contribution in [-0.4, -0.2) is 32.9 Å². The zero-order chi connectivity index (χ0) is 15.3. The van der Waals surface area contributed by atoms with Gasteiger partial charge in [0.1, 0.15) is 5.76 Å². The van der Waals surface area contributed by atoms with Crippen LogP contribution in [0.15, 0.2) is 21.6 Å². The van der Waals surface area contributed by atoms with Crippen molar-refractivity contribution >= 4 is 10.0 Å². The molecule has 0 aliphatic carbocycles. The van der Waals surface area contributed by atoms with Crippen LogP contribution < -0.4 is 5.32 Å². The van der Waals surface area contributed by atoms with Gasteiger partial charge in [0.15, 0.2) is 0 Å². The third-order valence-electron chi connectivity index (χ3n) is 2.78. The molecule has 0 aliphatic heterocycles. The molecule has 0 aromatic carbocycles. The predicted octanol–water partition coefficient (Wildman–Crippen LogP) is 2.30. The topological polar surface area (TPSA) is 62.6 Å². The molecule has 5 nitrogen and oxygen atoms in total. The van der Waals surface area contributed by atoms with Crippen molar-refractivity contribution in [3.63, 3.8) is 0 Å². The standard InChI is InChI=1S/C14H26N2O3S/c1-11(2)8-15-9-13-6-7-14(19-13)20(17,18)16(5)10-12(3)4/h6-7,11-12,15H,8-10H2,1-5H3. The highest BCUT2D eigenvalue weighted by atomic mass is 32.2. The Morgan fingerprint density at radius 3 is 2.40 bits per heavy atom. The molecule has 1 N–H and O–H groups in total. The molecule has 116 valence electrons. The van der Waals surface area contributed by atoms with Crippen LogP contribution in [0.5, 0.6) is 0 Å². The summed E-state index contributed by atoms with van der Waals surface area (Å²) in [5.74, 6) is 1.46. The maximum atomic E-state index is 12.3. The van der Waals surface area contributed by atoms with Gasteiger partial charge in [-0.15, -0.1) is 0 Å². The van der Waals surface area contributed by atoms with Gasteiger partial charge in [0, 0.05) is 13.6 Å². The molecule has 1 aromatic heterocycles. The summed E-state index contributed by atoms with van der Waals surface area (Å²) in [6.45, 7) is 10.1. The van der Waals surface area contributed by atoms with Crippen molar-refractivity contribution in [2.45, 2.75) is 39.3 Å². The maximum absolute atomic E-state index is 12.3. The lowest BCUT2D eigenvalue weighted by atomic mass is 10.2. The number of sulfonamides is 1. The molecule has 0 unspecified atom stereocenters. The lowest BCUT2D eigenvalue weighted by molar-refractivity contribution is 0.365. The molecule has 1 heterocycles. The van der Waals surface area contributed by atoms with Crippen LogP contribution in [0.2, 0.25) is 0 Å². The summed E-state index contributed by atoms with van der Waals surface area (Å²) >= 11 is 0. The molecular formula is C14H26N2O3S. The fourth-order valence-electron chi connectivity index (χ4n) is 1.84. The lowest BCUT2D eigenvalue weighted by Crippen LogP contribution is -2.30. The van der Waals surface area contributed by atoms with Crippen molar-refractivity contribution < 1.29 is 12.8 Å². The SMILES string of the molecule is CC(C)CNCc1ccc(S(=O)(=O)N(C)CC(C)C)o1. The second kappa shape index (κ2) is 7.24. The Balaban J connectivity index is 2.70. The molecule has 0 atom stereocenters. The van der Waals surface area contributed by atoms with E-state index in [-0.39, 0.29) is 11.0 Å². The smallest absolute Gasteiger partial charge is 0.276 e. The summed E-state index contributed by atoms with van der Waals surface area (Å²) in [4.78, 5) is 0. The molecule has 1 rings (SSSR count). The number of nitrogens with one attached hydrogen (secondary N) is 1. The molecule has 20 heavy (non-hydrogen) atoms. The van der Waals surface area contributed by atoms with Crippen LogP contribution >= 0.6 is 0 Å². The van der Waals surface area contributed by atoms with Gasteiger partial charge in [0.2, 0.25) is 5.09 Å². The van der Waals surface area contributed by atoms with Crippen LogP contribution in [0.3, 0.4) is 0 Å². The van der Waals surface area contributed by atoms with Crippen LogP contribution in [0.4, 0.5) is 0 Å². The van der Waals surface area contributed by atoms with Crippen molar-refractivity contribution in [3.8, 4) is 0 Å².